The second kappa shape index (κ2) is 6.08. The van der Waals surface area contributed by atoms with Crippen molar-refractivity contribution in [3.8, 4) is 0 Å². The summed E-state index contributed by atoms with van der Waals surface area (Å²) in [5.41, 5.74) is 1.43. The van der Waals surface area contributed by atoms with Gasteiger partial charge in [-0.25, -0.2) is 4.79 Å². The van der Waals surface area contributed by atoms with Crippen LogP contribution in [0.4, 0.5) is 4.79 Å². The smallest absolute Gasteiger partial charge is 0.325 e. The predicted molar refractivity (Wildman–Crippen MR) is 83.9 cm³/mol. The minimum atomic E-state index is -0.619. The number of aryl methyl sites for hydroxylation is 1. The number of benzene rings is 1. The van der Waals surface area contributed by atoms with Crippen LogP contribution in [-0.2, 0) is 18.3 Å². The van der Waals surface area contributed by atoms with Gasteiger partial charge in [-0.2, -0.15) is 0 Å². The van der Waals surface area contributed by atoms with Gasteiger partial charge in [0.25, 0.3) is 5.91 Å². The Balaban J connectivity index is 1.69. The maximum absolute atomic E-state index is 12.4. The van der Waals surface area contributed by atoms with E-state index in [4.69, 9.17) is 0 Å². The predicted octanol–water partition coefficient (Wildman–Crippen LogP) is 1.37. The molecule has 1 fully saturated rings. The summed E-state index contributed by atoms with van der Waals surface area (Å²) in [4.78, 5) is 37.6. The quantitative estimate of drug-likeness (QED) is 0.669. The van der Waals surface area contributed by atoms with E-state index in [0.717, 1.165) is 10.5 Å². The Hall–Kier alpha value is -2.89. The highest BCUT2D eigenvalue weighted by molar-refractivity contribution is 6.09. The van der Waals surface area contributed by atoms with Gasteiger partial charge in [-0.3, -0.25) is 14.5 Å². The molecule has 1 aromatic heterocycles. The number of nitrogens with zero attached hydrogens (tertiary/aromatic N) is 2. The SMILES string of the molecule is Cn1cccc1C(=O)CN1C(=O)N[C@@H](Cc2ccccc2)C1=O. The molecule has 1 aromatic carbocycles. The number of carbonyl (C=O) groups excluding carboxylic acids is 3. The number of hydrogen-bond acceptors (Lipinski definition) is 3. The number of hydrogen-bond donors (Lipinski definition) is 1. The van der Waals surface area contributed by atoms with Gasteiger partial charge >= 0.3 is 6.03 Å². The normalized spacial score (nSPS) is 17.4. The fraction of sp³-hybridized carbons (Fsp3) is 0.235. The maximum atomic E-state index is 12.4. The van der Waals surface area contributed by atoms with Crippen molar-refractivity contribution in [1.29, 1.82) is 0 Å². The summed E-state index contributed by atoms with van der Waals surface area (Å²) >= 11 is 0. The third kappa shape index (κ3) is 3.01. The first-order valence-electron chi connectivity index (χ1n) is 7.36. The highest BCUT2D eigenvalue weighted by Gasteiger charge is 2.39. The number of amides is 3. The van der Waals surface area contributed by atoms with Gasteiger partial charge in [0.1, 0.15) is 6.04 Å². The van der Waals surface area contributed by atoms with Crippen LogP contribution in [-0.4, -0.2) is 39.8 Å². The van der Waals surface area contributed by atoms with Crippen molar-refractivity contribution in [3.63, 3.8) is 0 Å². The summed E-state index contributed by atoms with van der Waals surface area (Å²) in [7, 11) is 1.75. The lowest BCUT2D eigenvalue weighted by Crippen LogP contribution is -2.37. The molecule has 1 N–H and O–H groups in total. The number of aromatic nitrogens is 1. The summed E-state index contributed by atoms with van der Waals surface area (Å²) in [5.74, 6) is -0.622. The van der Waals surface area contributed by atoms with Crippen LogP contribution in [0.1, 0.15) is 16.1 Å². The maximum Gasteiger partial charge on any atom is 0.325 e. The third-order valence-corrected chi connectivity index (χ3v) is 3.92. The molecular weight excluding hydrogens is 294 g/mol. The van der Waals surface area contributed by atoms with E-state index >= 15 is 0 Å². The summed E-state index contributed by atoms with van der Waals surface area (Å²) < 4.78 is 1.67. The Morgan fingerprint density at radius 2 is 1.87 bits per heavy atom. The van der Waals surface area contributed by atoms with E-state index in [1.165, 1.54) is 0 Å². The van der Waals surface area contributed by atoms with E-state index in [1.807, 2.05) is 30.3 Å². The van der Waals surface area contributed by atoms with Crippen LogP contribution >= 0.6 is 0 Å². The molecule has 2 aromatic rings. The second-order valence-electron chi connectivity index (χ2n) is 5.54. The molecule has 3 rings (SSSR count). The summed E-state index contributed by atoms with van der Waals surface area (Å²) in [5, 5.41) is 2.65. The molecule has 0 spiro atoms. The zero-order valence-electron chi connectivity index (χ0n) is 12.7. The van der Waals surface area contributed by atoms with Crippen LogP contribution < -0.4 is 5.32 Å². The molecule has 6 heteroatoms. The summed E-state index contributed by atoms with van der Waals surface area (Å²) in [6, 6.07) is 11.7. The zero-order chi connectivity index (χ0) is 16.4. The van der Waals surface area contributed by atoms with Crippen molar-refractivity contribution in [2.75, 3.05) is 6.54 Å². The first-order valence-corrected chi connectivity index (χ1v) is 7.36. The van der Waals surface area contributed by atoms with Crippen molar-refractivity contribution in [2.24, 2.45) is 7.05 Å². The molecule has 0 bridgehead atoms. The lowest BCUT2D eigenvalue weighted by molar-refractivity contribution is -0.127. The van der Waals surface area contributed by atoms with Crippen LogP contribution in [0.2, 0.25) is 0 Å². The molecule has 118 valence electrons. The third-order valence-electron chi connectivity index (χ3n) is 3.92. The molecule has 3 amide bonds. The Labute approximate surface area is 133 Å². The average molecular weight is 311 g/mol. The number of rotatable bonds is 5. The van der Waals surface area contributed by atoms with Crippen molar-refractivity contribution in [2.45, 2.75) is 12.5 Å². The Bertz CT molecular complexity index is 751. The van der Waals surface area contributed by atoms with E-state index in [1.54, 1.807) is 29.9 Å². The molecule has 1 aliphatic rings. The molecule has 0 radical (unpaired) electrons. The first-order chi connectivity index (χ1) is 11.1. The first kappa shape index (κ1) is 15.0. The van der Waals surface area contributed by atoms with Gasteiger partial charge in [0.05, 0.1) is 12.2 Å². The highest BCUT2D eigenvalue weighted by atomic mass is 16.2. The van der Waals surface area contributed by atoms with Crippen LogP contribution in [0.3, 0.4) is 0 Å². The zero-order valence-corrected chi connectivity index (χ0v) is 12.7. The molecule has 2 heterocycles. The number of carbonyl (C=O) groups is 3. The lowest BCUT2D eigenvalue weighted by atomic mass is 10.1. The molecular formula is C17H17N3O3. The Morgan fingerprint density at radius 1 is 1.13 bits per heavy atom. The molecule has 0 unspecified atom stereocenters. The monoisotopic (exact) mass is 311 g/mol. The fourth-order valence-corrected chi connectivity index (χ4v) is 2.69. The van der Waals surface area contributed by atoms with Crippen LogP contribution in [0.15, 0.2) is 48.7 Å². The Kier molecular flexibility index (Phi) is 3.97. The van der Waals surface area contributed by atoms with Crippen molar-refractivity contribution in [1.82, 2.24) is 14.8 Å². The summed E-state index contributed by atoms with van der Waals surface area (Å²) in [6.45, 7) is -0.242. The number of nitrogens with one attached hydrogen (secondary N) is 1. The van der Waals surface area contributed by atoms with Crippen LogP contribution in [0.25, 0.3) is 0 Å². The van der Waals surface area contributed by atoms with Gasteiger partial charge in [0, 0.05) is 19.7 Å². The minimum absolute atomic E-state index is 0.242. The molecule has 1 saturated heterocycles. The molecule has 0 aliphatic carbocycles. The van der Waals surface area contributed by atoms with Gasteiger partial charge in [-0.15, -0.1) is 0 Å². The molecule has 6 nitrogen and oxygen atoms in total. The van der Waals surface area contributed by atoms with Crippen molar-refractivity contribution >= 4 is 17.7 Å². The van der Waals surface area contributed by atoms with Crippen molar-refractivity contribution in [3.05, 3.63) is 59.9 Å². The molecule has 1 atom stereocenters. The number of ketones is 1. The van der Waals surface area contributed by atoms with E-state index in [9.17, 15) is 14.4 Å². The van der Waals surface area contributed by atoms with Gasteiger partial charge in [0.2, 0.25) is 0 Å². The summed E-state index contributed by atoms with van der Waals surface area (Å²) in [6.07, 6.45) is 2.16. The topological polar surface area (TPSA) is 71.4 Å². The molecule has 1 aliphatic heterocycles. The minimum Gasteiger partial charge on any atom is -0.348 e. The van der Waals surface area contributed by atoms with E-state index in [-0.39, 0.29) is 18.2 Å². The average Bonchev–Trinajstić information content (AvgIpc) is 3.07. The largest absolute Gasteiger partial charge is 0.348 e. The number of Topliss-reactive ketones (excluding diaryl/α,β-unsaturated/α-hetero) is 1. The van der Waals surface area contributed by atoms with E-state index in [2.05, 4.69) is 5.32 Å². The number of imide groups is 1. The van der Waals surface area contributed by atoms with E-state index in [0.29, 0.717) is 12.1 Å². The highest BCUT2D eigenvalue weighted by Crippen LogP contribution is 2.13. The van der Waals surface area contributed by atoms with E-state index < -0.39 is 12.1 Å². The Morgan fingerprint density at radius 3 is 2.52 bits per heavy atom. The fourth-order valence-electron chi connectivity index (χ4n) is 2.69. The molecule has 0 saturated carbocycles. The van der Waals surface area contributed by atoms with Crippen LogP contribution in [0.5, 0.6) is 0 Å². The standard InChI is InChI=1S/C17H17N3O3/c1-19-9-5-8-14(19)15(21)11-20-16(22)13(18-17(20)23)10-12-6-3-2-4-7-12/h2-9,13H,10-11H2,1H3,(H,18,23)/t13-/m0/s1. The second-order valence-corrected chi connectivity index (χ2v) is 5.54. The van der Waals surface area contributed by atoms with Gasteiger partial charge in [-0.05, 0) is 17.7 Å². The van der Waals surface area contributed by atoms with Gasteiger partial charge in [-0.1, -0.05) is 30.3 Å². The lowest BCUT2D eigenvalue weighted by Gasteiger charge is -2.12. The van der Waals surface area contributed by atoms with Crippen molar-refractivity contribution < 1.29 is 14.4 Å². The van der Waals surface area contributed by atoms with Gasteiger partial charge in [0.15, 0.2) is 5.78 Å². The van der Waals surface area contributed by atoms with Gasteiger partial charge < -0.3 is 9.88 Å². The van der Waals surface area contributed by atoms with Crippen LogP contribution in [0, 0.1) is 0 Å². The number of urea groups is 1. The molecule has 23 heavy (non-hydrogen) atoms.